The number of hydrogen-bond donors (Lipinski definition) is 1. The summed E-state index contributed by atoms with van der Waals surface area (Å²) >= 11 is 1.60. The normalized spacial score (nSPS) is 19.5. The summed E-state index contributed by atoms with van der Waals surface area (Å²) in [5.74, 6) is 2.11. The first-order chi connectivity index (χ1) is 10.8. The third kappa shape index (κ3) is 2.23. The Balaban J connectivity index is 1.75. The van der Waals surface area contributed by atoms with Crippen LogP contribution >= 0.6 is 11.8 Å². The van der Waals surface area contributed by atoms with E-state index in [1.807, 2.05) is 18.3 Å². The van der Waals surface area contributed by atoms with Crippen molar-refractivity contribution in [1.82, 2.24) is 15.4 Å². The van der Waals surface area contributed by atoms with E-state index < -0.39 is 0 Å². The lowest BCUT2D eigenvalue weighted by molar-refractivity contribution is 0.504. The number of benzene rings is 1. The molecule has 1 aromatic heterocycles. The van der Waals surface area contributed by atoms with Crippen LogP contribution in [-0.4, -0.2) is 29.8 Å². The van der Waals surface area contributed by atoms with Crippen molar-refractivity contribution >= 4 is 23.4 Å². The standard InChI is InChI=1S/C16H19N5S/c1-20-14-13-12(19-20)8-9-21(10-11-6-4-3-5-7-11)15(13)18-16(17-14)22-2/h3-7,12,19H,8-10H2,1-2H3. The average molecular weight is 313 g/mol. The number of rotatable bonds is 3. The molecule has 2 aliphatic heterocycles. The number of hydrazine groups is 1. The van der Waals surface area contributed by atoms with Gasteiger partial charge in [-0.1, -0.05) is 42.1 Å². The molecule has 3 heterocycles. The highest BCUT2D eigenvalue weighted by molar-refractivity contribution is 7.98. The molecule has 0 saturated carbocycles. The van der Waals surface area contributed by atoms with Crippen LogP contribution in [0.2, 0.25) is 0 Å². The summed E-state index contributed by atoms with van der Waals surface area (Å²) in [6, 6.07) is 10.9. The van der Waals surface area contributed by atoms with Crippen molar-refractivity contribution in [2.75, 3.05) is 29.8 Å². The van der Waals surface area contributed by atoms with E-state index in [9.17, 15) is 0 Å². The van der Waals surface area contributed by atoms with Crippen LogP contribution in [0.1, 0.15) is 23.6 Å². The summed E-state index contributed by atoms with van der Waals surface area (Å²) in [5, 5.41) is 2.87. The molecule has 22 heavy (non-hydrogen) atoms. The third-order valence-corrected chi connectivity index (χ3v) is 4.83. The van der Waals surface area contributed by atoms with Gasteiger partial charge in [-0.15, -0.1) is 0 Å². The zero-order chi connectivity index (χ0) is 15.1. The smallest absolute Gasteiger partial charge is 0.191 e. The Labute approximate surface area is 134 Å². The molecule has 1 aromatic carbocycles. The highest BCUT2D eigenvalue weighted by Crippen LogP contribution is 2.43. The van der Waals surface area contributed by atoms with Gasteiger partial charge in [0.1, 0.15) is 5.82 Å². The fourth-order valence-corrected chi connectivity index (χ4v) is 3.60. The minimum Gasteiger partial charge on any atom is -0.352 e. The average Bonchev–Trinajstić information content (AvgIpc) is 2.88. The lowest BCUT2D eigenvalue weighted by Crippen LogP contribution is -2.36. The molecule has 0 bridgehead atoms. The third-order valence-electron chi connectivity index (χ3n) is 4.29. The molecule has 0 aliphatic carbocycles. The molecule has 1 atom stereocenters. The molecule has 2 aromatic rings. The maximum Gasteiger partial charge on any atom is 0.191 e. The fraction of sp³-hybridized carbons (Fsp3) is 0.375. The van der Waals surface area contributed by atoms with Gasteiger partial charge in [-0.3, -0.25) is 5.01 Å². The molecule has 0 amide bonds. The summed E-state index contributed by atoms with van der Waals surface area (Å²) in [6.07, 6.45) is 3.11. The Morgan fingerprint density at radius 3 is 2.77 bits per heavy atom. The molecule has 114 valence electrons. The van der Waals surface area contributed by atoms with Gasteiger partial charge in [0.25, 0.3) is 0 Å². The molecular formula is C16H19N5S. The van der Waals surface area contributed by atoms with E-state index in [0.29, 0.717) is 6.04 Å². The van der Waals surface area contributed by atoms with Crippen molar-refractivity contribution in [3.05, 3.63) is 41.5 Å². The number of nitrogens with zero attached hydrogens (tertiary/aromatic N) is 4. The second-order valence-corrected chi connectivity index (χ2v) is 6.48. The topological polar surface area (TPSA) is 44.3 Å². The van der Waals surface area contributed by atoms with Crippen LogP contribution in [0.3, 0.4) is 0 Å². The summed E-state index contributed by atoms with van der Waals surface area (Å²) in [7, 11) is 2.03. The van der Waals surface area contributed by atoms with Crippen molar-refractivity contribution in [1.29, 1.82) is 0 Å². The van der Waals surface area contributed by atoms with Crippen molar-refractivity contribution in [3.8, 4) is 0 Å². The molecule has 1 unspecified atom stereocenters. The summed E-state index contributed by atoms with van der Waals surface area (Å²) in [6.45, 7) is 1.91. The number of nitrogens with one attached hydrogen (secondary N) is 1. The highest BCUT2D eigenvalue weighted by atomic mass is 32.2. The first kappa shape index (κ1) is 13.8. The Morgan fingerprint density at radius 1 is 1.23 bits per heavy atom. The monoisotopic (exact) mass is 313 g/mol. The van der Waals surface area contributed by atoms with Gasteiger partial charge >= 0.3 is 0 Å². The molecule has 1 N–H and O–H groups in total. The van der Waals surface area contributed by atoms with Crippen LogP contribution in [-0.2, 0) is 6.54 Å². The van der Waals surface area contributed by atoms with Crippen LogP contribution < -0.4 is 15.3 Å². The van der Waals surface area contributed by atoms with E-state index in [0.717, 1.165) is 36.3 Å². The van der Waals surface area contributed by atoms with Gasteiger partial charge in [0.05, 0.1) is 11.6 Å². The first-order valence-corrected chi connectivity index (χ1v) is 8.73. The SMILES string of the molecule is CSc1nc2c3c(n1)N(C)NC3CCN2Cc1ccccc1. The van der Waals surface area contributed by atoms with Gasteiger partial charge in [-0.25, -0.2) is 15.4 Å². The van der Waals surface area contributed by atoms with Gasteiger partial charge in [-0.2, -0.15) is 0 Å². The highest BCUT2D eigenvalue weighted by Gasteiger charge is 2.37. The first-order valence-electron chi connectivity index (χ1n) is 7.51. The van der Waals surface area contributed by atoms with E-state index in [1.165, 1.54) is 11.1 Å². The second kappa shape index (κ2) is 5.44. The van der Waals surface area contributed by atoms with Gasteiger partial charge in [-0.05, 0) is 18.2 Å². The van der Waals surface area contributed by atoms with Crippen LogP contribution in [0.5, 0.6) is 0 Å². The maximum atomic E-state index is 4.81. The van der Waals surface area contributed by atoms with Crippen molar-refractivity contribution in [3.63, 3.8) is 0 Å². The summed E-state index contributed by atoms with van der Waals surface area (Å²) < 4.78 is 0. The molecular weight excluding hydrogens is 294 g/mol. The summed E-state index contributed by atoms with van der Waals surface area (Å²) in [5.41, 5.74) is 6.06. The maximum absolute atomic E-state index is 4.81. The van der Waals surface area contributed by atoms with E-state index in [-0.39, 0.29) is 0 Å². The number of aromatic nitrogens is 2. The van der Waals surface area contributed by atoms with Gasteiger partial charge in [0, 0.05) is 20.1 Å². The zero-order valence-corrected chi connectivity index (χ0v) is 13.6. The number of hydrogen-bond acceptors (Lipinski definition) is 6. The summed E-state index contributed by atoms with van der Waals surface area (Å²) in [4.78, 5) is 11.9. The van der Waals surface area contributed by atoms with Crippen molar-refractivity contribution in [2.24, 2.45) is 0 Å². The van der Waals surface area contributed by atoms with Crippen LogP contribution in [0, 0.1) is 0 Å². The molecule has 0 radical (unpaired) electrons. The van der Waals surface area contributed by atoms with E-state index in [2.05, 4.69) is 45.6 Å². The Hall–Kier alpha value is -1.79. The molecule has 0 spiro atoms. The molecule has 6 heteroatoms. The fourth-order valence-electron chi connectivity index (χ4n) is 3.24. The van der Waals surface area contributed by atoms with Crippen LogP contribution in [0.15, 0.2) is 35.5 Å². The quantitative estimate of drug-likeness (QED) is 0.694. The molecule has 2 aliphatic rings. The Bertz CT molecular complexity index is 690. The predicted molar refractivity (Wildman–Crippen MR) is 90.2 cm³/mol. The molecule has 0 saturated heterocycles. The predicted octanol–water partition coefficient (Wildman–Crippen LogP) is 2.60. The lowest BCUT2D eigenvalue weighted by atomic mass is 10.0. The molecule has 5 nitrogen and oxygen atoms in total. The largest absolute Gasteiger partial charge is 0.352 e. The van der Waals surface area contributed by atoms with Gasteiger partial charge in [0.15, 0.2) is 11.0 Å². The lowest BCUT2D eigenvalue weighted by Gasteiger charge is -2.32. The van der Waals surface area contributed by atoms with Crippen LogP contribution in [0.4, 0.5) is 11.6 Å². The Kier molecular flexibility index (Phi) is 3.43. The van der Waals surface area contributed by atoms with E-state index in [1.54, 1.807) is 11.8 Å². The zero-order valence-electron chi connectivity index (χ0n) is 12.8. The number of anilines is 2. The Morgan fingerprint density at radius 2 is 2.00 bits per heavy atom. The van der Waals surface area contributed by atoms with Crippen LogP contribution in [0.25, 0.3) is 0 Å². The van der Waals surface area contributed by atoms with E-state index in [4.69, 9.17) is 4.98 Å². The number of thioether (sulfide) groups is 1. The molecule has 4 rings (SSSR count). The van der Waals surface area contributed by atoms with E-state index >= 15 is 0 Å². The van der Waals surface area contributed by atoms with Gasteiger partial charge in [0.2, 0.25) is 0 Å². The minimum atomic E-state index is 0.345. The van der Waals surface area contributed by atoms with Gasteiger partial charge < -0.3 is 4.90 Å². The minimum absolute atomic E-state index is 0.345. The van der Waals surface area contributed by atoms with Crippen molar-refractivity contribution < 1.29 is 0 Å². The molecule has 0 fully saturated rings. The van der Waals surface area contributed by atoms with Crippen molar-refractivity contribution in [2.45, 2.75) is 24.2 Å². The second-order valence-electron chi connectivity index (χ2n) is 5.71.